The summed E-state index contributed by atoms with van der Waals surface area (Å²) in [5.74, 6) is -0.400. The van der Waals surface area contributed by atoms with Gasteiger partial charge in [0.2, 0.25) is 15.9 Å². The predicted molar refractivity (Wildman–Crippen MR) is 104 cm³/mol. The Morgan fingerprint density at radius 2 is 1.86 bits per heavy atom. The van der Waals surface area contributed by atoms with Crippen molar-refractivity contribution in [1.29, 1.82) is 0 Å². The van der Waals surface area contributed by atoms with Crippen molar-refractivity contribution < 1.29 is 22.9 Å². The monoisotopic (exact) mass is 407 g/mol. The lowest BCUT2D eigenvalue weighted by atomic mass is 10.1. The molecule has 0 atom stereocenters. The first-order valence-corrected chi connectivity index (χ1v) is 9.81. The first kappa shape index (κ1) is 21.3. The Morgan fingerprint density at radius 1 is 1.14 bits per heavy atom. The van der Waals surface area contributed by atoms with Gasteiger partial charge < -0.3 is 10.1 Å². The number of carbonyl (C=O) groups excluding carboxylic acids is 1. The van der Waals surface area contributed by atoms with Gasteiger partial charge in [-0.25, -0.2) is 13.1 Å². The summed E-state index contributed by atoms with van der Waals surface area (Å²) in [6, 6.07) is 8.79. The van der Waals surface area contributed by atoms with Crippen LogP contribution in [0.5, 0.6) is 5.75 Å². The molecule has 0 aromatic heterocycles. The fourth-order valence-corrected chi connectivity index (χ4v) is 3.46. The number of amides is 1. The van der Waals surface area contributed by atoms with Gasteiger partial charge in [-0.3, -0.25) is 14.9 Å². The van der Waals surface area contributed by atoms with Crippen LogP contribution in [0, 0.1) is 24.0 Å². The fourth-order valence-electron chi connectivity index (χ4n) is 2.40. The summed E-state index contributed by atoms with van der Waals surface area (Å²) in [7, 11) is -2.76. The highest BCUT2D eigenvalue weighted by Gasteiger charge is 2.22. The molecule has 28 heavy (non-hydrogen) atoms. The molecule has 2 rings (SSSR count). The molecule has 1 amide bonds. The summed E-state index contributed by atoms with van der Waals surface area (Å²) >= 11 is 0. The molecule has 0 spiro atoms. The zero-order valence-corrected chi connectivity index (χ0v) is 16.5. The number of carbonyl (C=O) groups is 1. The van der Waals surface area contributed by atoms with Crippen molar-refractivity contribution in [1.82, 2.24) is 4.72 Å². The lowest BCUT2D eigenvalue weighted by molar-refractivity contribution is -0.386. The molecule has 2 aromatic rings. The van der Waals surface area contributed by atoms with E-state index < -0.39 is 20.6 Å². The van der Waals surface area contributed by atoms with E-state index >= 15 is 0 Å². The molecule has 10 heteroatoms. The first-order chi connectivity index (χ1) is 13.1. The van der Waals surface area contributed by atoms with Gasteiger partial charge in [-0.2, -0.15) is 0 Å². The Morgan fingerprint density at radius 3 is 2.46 bits per heavy atom. The Kier molecular flexibility index (Phi) is 6.71. The molecule has 0 radical (unpaired) electrons. The van der Waals surface area contributed by atoms with Gasteiger partial charge in [0.15, 0.2) is 5.75 Å². The molecule has 0 bridgehead atoms. The Hall–Kier alpha value is -2.98. The zero-order chi connectivity index (χ0) is 20.9. The molecule has 150 valence electrons. The molecule has 0 aliphatic carbocycles. The smallest absolute Gasteiger partial charge is 0.312 e. The van der Waals surface area contributed by atoms with Crippen LogP contribution in [0.4, 0.5) is 11.4 Å². The highest BCUT2D eigenvalue weighted by atomic mass is 32.2. The number of benzene rings is 2. The Balaban J connectivity index is 1.99. The zero-order valence-electron chi connectivity index (χ0n) is 15.7. The van der Waals surface area contributed by atoms with E-state index in [9.17, 15) is 23.3 Å². The lowest BCUT2D eigenvalue weighted by Gasteiger charge is -2.09. The van der Waals surface area contributed by atoms with Crippen LogP contribution < -0.4 is 14.8 Å². The quantitative estimate of drug-likeness (QED) is 0.511. The minimum Gasteiger partial charge on any atom is -0.490 e. The topological polar surface area (TPSA) is 128 Å². The fraction of sp³-hybridized carbons (Fsp3) is 0.278. The highest BCUT2D eigenvalue weighted by molar-refractivity contribution is 7.89. The number of nitro benzene ring substituents is 1. The molecule has 0 heterocycles. The maximum Gasteiger partial charge on any atom is 0.312 e. The van der Waals surface area contributed by atoms with E-state index in [1.165, 1.54) is 19.2 Å². The third-order valence-electron chi connectivity index (χ3n) is 4.09. The Labute approximate surface area is 162 Å². The standard InChI is InChI=1S/C18H21N3O6S/c1-12-4-5-14(10-13(12)2)20-18(22)8-9-19-28(25,26)15-6-7-17(27-3)16(11-15)21(23)24/h4-7,10-11,19H,8-9H2,1-3H3,(H,20,22). The predicted octanol–water partition coefficient (Wildman–Crippen LogP) is 2.53. The van der Waals surface area contributed by atoms with Crippen molar-refractivity contribution in [2.45, 2.75) is 25.2 Å². The molecular formula is C18H21N3O6S. The molecule has 0 unspecified atom stereocenters. The first-order valence-electron chi connectivity index (χ1n) is 8.33. The average Bonchev–Trinajstić information content (AvgIpc) is 2.64. The maximum atomic E-state index is 12.3. The summed E-state index contributed by atoms with van der Waals surface area (Å²) in [4.78, 5) is 22.0. The number of hydrogen-bond donors (Lipinski definition) is 2. The van der Waals surface area contributed by atoms with Crippen molar-refractivity contribution in [3.05, 3.63) is 57.6 Å². The van der Waals surface area contributed by atoms with E-state index in [0.717, 1.165) is 17.2 Å². The summed E-state index contributed by atoms with van der Waals surface area (Å²) < 4.78 is 31.8. The average molecular weight is 407 g/mol. The van der Waals surface area contributed by atoms with E-state index in [4.69, 9.17) is 4.74 Å². The Bertz CT molecular complexity index is 1000. The second-order valence-electron chi connectivity index (χ2n) is 6.09. The molecule has 2 aromatic carbocycles. The maximum absolute atomic E-state index is 12.3. The van der Waals surface area contributed by atoms with Gasteiger partial charge in [-0.05, 0) is 49.2 Å². The second-order valence-corrected chi connectivity index (χ2v) is 7.85. The minimum absolute atomic E-state index is 0.0447. The molecule has 9 nitrogen and oxygen atoms in total. The molecule has 0 fully saturated rings. The summed E-state index contributed by atoms with van der Waals surface area (Å²) in [6.07, 6.45) is -0.0929. The van der Waals surface area contributed by atoms with E-state index in [-0.39, 0.29) is 29.5 Å². The van der Waals surface area contributed by atoms with Gasteiger partial charge >= 0.3 is 5.69 Å². The van der Waals surface area contributed by atoms with Crippen LogP contribution >= 0.6 is 0 Å². The number of nitro groups is 1. The number of methoxy groups -OCH3 is 1. The number of aryl methyl sites for hydroxylation is 2. The SMILES string of the molecule is COc1ccc(S(=O)(=O)NCCC(=O)Nc2ccc(C)c(C)c2)cc1[N+](=O)[O-]. The van der Waals surface area contributed by atoms with Crippen molar-refractivity contribution in [2.24, 2.45) is 0 Å². The summed E-state index contributed by atoms with van der Waals surface area (Å²) in [5, 5.41) is 13.7. The van der Waals surface area contributed by atoms with Gasteiger partial charge in [0, 0.05) is 24.7 Å². The number of ether oxygens (including phenoxy) is 1. The van der Waals surface area contributed by atoms with E-state index in [2.05, 4.69) is 10.0 Å². The van der Waals surface area contributed by atoms with Crippen molar-refractivity contribution in [2.75, 3.05) is 19.0 Å². The van der Waals surface area contributed by atoms with Crippen molar-refractivity contribution >= 4 is 27.3 Å². The van der Waals surface area contributed by atoms with Crippen LogP contribution in [0.3, 0.4) is 0 Å². The summed E-state index contributed by atoms with van der Waals surface area (Å²) in [6.45, 7) is 3.73. The largest absolute Gasteiger partial charge is 0.490 e. The van der Waals surface area contributed by atoms with Crippen molar-refractivity contribution in [3.8, 4) is 5.75 Å². The molecule has 0 saturated heterocycles. The van der Waals surface area contributed by atoms with Gasteiger partial charge in [0.25, 0.3) is 0 Å². The summed E-state index contributed by atoms with van der Waals surface area (Å²) in [5.41, 5.74) is 2.29. The van der Waals surface area contributed by atoms with Crippen LogP contribution in [0.1, 0.15) is 17.5 Å². The number of sulfonamides is 1. The van der Waals surface area contributed by atoms with E-state index in [0.29, 0.717) is 5.69 Å². The van der Waals surface area contributed by atoms with Crippen LogP contribution in [0.15, 0.2) is 41.3 Å². The van der Waals surface area contributed by atoms with E-state index in [1.54, 1.807) is 6.07 Å². The van der Waals surface area contributed by atoms with Crippen LogP contribution in [0.2, 0.25) is 0 Å². The lowest BCUT2D eigenvalue weighted by Crippen LogP contribution is -2.28. The second kappa shape index (κ2) is 8.81. The number of nitrogens with zero attached hydrogens (tertiary/aromatic N) is 1. The molecule has 2 N–H and O–H groups in total. The molecule has 0 saturated carbocycles. The molecule has 0 aliphatic rings. The third kappa shape index (κ3) is 5.27. The van der Waals surface area contributed by atoms with Gasteiger partial charge in [-0.15, -0.1) is 0 Å². The highest BCUT2D eigenvalue weighted by Crippen LogP contribution is 2.29. The number of hydrogen-bond acceptors (Lipinski definition) is 6. The molecular weight excluding hydrogens is 386 g/mol. The normalized spacial score (nSPS) is 11.1. The molecule has 0 aliphatic heterocycles. The van der Waals surface area contributed by atoms with Gasteiger partial charge in [0.05, 0.1) is 16.9 Å². The number of rotatable bonds is 8. The van der Waals surface area contributed by atoms with E-state index in [1.807, 2.05) is 26.0 Å². The van der Waals surface area contributed by atoms with Crippen molar-refractivity contribution in [3.63, 3.8) is 0 Å². The van der Waals surface area contributed by atoms with Gasteiger partial charge in [-0.1, -0.05) is 6.07 Å². The number of anilines is 1. The third-order valence-corrected chi connectivity index (χ3v) is 5.55. The minimum atomic E-state index is -4.01. The number of nitrogens with one attached hydrogen (secondary N) is 2. The van der Waals surface area contributed by atoms with Crippen LogP contribution in [-0.2, 0) is 14.8 Å². The van der Waals surface area contributed by atoms with Gasteiger partial charge in [0.1, 0.15) is 0 Å². The van der Waals surface area contributed by atoms with Crippen LogP contribution in [0.25, 0.3) is 0 Å². The van der Waals surface area contributed by atoms with Crippen LogP contribution in [-0.4, -0.2) is 32.9 Å².